The van der Waals surface area contributed by atoms with Crippen LogP contribution in [0.15, 0.2) is 46.5 Å². The van der Waals surface area contributed by atoms with Crippen LogP contribution < -0.4 is 11.4 Å². The number of allylic oxidation sites excluding steroid dienone is 1. The largest absolute Gasteiger partial charge is 0.498 e. The van der Waals surface area contributed by atoms with Gasteiger partial charge in [-0.25, -0.2) is 10.8 Å². The quantitative estimate of drug-likeness (QED) is 0.423. The monoisotopic (exact) mass is 521 g/mol. The molecule has 0 radical (unpaired) electrons. The summed E-state index contributed by atoms with van der Waals surface area (Å²) in [6.45, 7) is 7.75. The number of H-pyrrole nitrogens is 1. The third-order valence-corrected chi connectivity index (χ3v) is 7.12. The molecule has 3 N–H and O–H groups in total. The minimum absolute atomic E-state index is 0.192. The molecule has 2 heterocycles. The van der Waals surface area contributed by atoms with E-state index in [2.05, 4.69) is 29.8 Å². The number of aromatic nitrogens is 2. The molecule has 204 valence electrons. The van der Waals surface area contributed by atoms with Crippen molar-refractivity contribution in [2.75, 3.05) is 39.9 Å². The number of nitrogens with two attached hydrogens (primary N) is 1. The molecule has 2 aliphatic rings. The van der Waals surface area contributed by atoms with E-state index in [0.717, 1.165) is 62.3 Å². The van der Waals surface area contributed by atoms with Gasteiger partial charge in [-0.15, -0.1) is 0 Å². The van der Waals surface area contributed by atoms with E-state index in [1.807, 2.05) is 6.08 Å². The Morgan fingerprint density at radius 3 is 2.82 bits per heavy atom. The zero-order valence-corrected chi connectivity index (χ0v) is 22.7. The standard InChI is InChI=1S/C29H39N5O4/c1-4-33(13-11-20(2)37-3)19-21-15-24-18-26-25(16-21)32-28(35)27(31-26)22-9-8-10-23(17-22)29(36)34(30)12-6-5-7-14-38-24/h8-10,15-17,20H,4-7,11-14,18-19,30H2,1-3H3,(H,32,35). The van der Waals surface area contributed by atoms with Crippen LogP contribution in [0.2, 0.25) is 0 Å². The predicted molar refractivity (Wildman–Crippen MR) is 148 cm³/mol. The third-order valence-electron chi connectivity index (χ3n) is 7.12. The second kappa shape index (κ2) is 13.0. The number of aromatic amines is 1. The number of nitrogens with one attached hydrogen (secondary N) is 1. The maximum Gasteiger partial charge on any atom is 0.274 e. The fourth-order valence-electron chi connectivity index (χ4n) is 4.70. The molecule has 38 heavy (non-hydrogen) atoms. The molecule has 1 aliphatic carbocycles. The molecule has 1 aromatic carbocycles. The molecule has 2 aromatic rings. The van der Waals surface area contributed by atoms with Gasteiger partial charge in [-0.05, 0) is 69.0 Å². The van der Waals surface area contributed by atoms with Gasteiger partial charge in [0, 0.05) is 44.3 Å². The third kappa shape index (κ3) is 6.98. The Morgan fingerprint density at radius 1 is 1.21 bits per heavy atom. The molecular formula is C29H39N5O4. The first-order valence-corrected chi connectivity index (χ1v) is 13.5. The van der Waals surface area contributed by atoms with Crippen molar-refractivity contribution in [2.45, 2.75) is 52.1 Å². The van der Waals surface area contributed by atoms with Gasteiger partial charge in [0.05, 0.1) is 24.1 Å². The van der Waals surface area contributed by atoms with Crippen LogP contribution in [0.5, 0.6) is 0 Å². The second-order valence-corrected chi connectivity index (χ2v) is 9.97. The van der Waals surface area contributed by atoms with Gasteiger partial charge >= 0.3 is 0 Å². The fourth-order valence-corrected chi connectivity index (χ4v) is 4.70. The van der Waals surface area contributed by atoms with Gasteiger partial charge in [-0.3, -0.25) is 19.5 Å². The number of hydrogen-bond acceptors (Lipinski definition) is 7. The molecule has 5 bridgehead atoms. The summed E-state index contributed by atoms with van der Waals surface area (Å²) in [4.78, 5) is 36.2. The van der Waals surface area contributed by atoms with E-state index in [9.17, 15) is 9.59 Å². The summed E-state index contributed by atoms with van der Waals surface area (Å²) in [6, 6.07) is 6.94. The van der Waals surface area contributed by atoms with Crippen LogP contribution in [0, 0.1) is 0 Å². The van der Waals surface area contributed by atoms with Crippen LogP contribution in [-0.4, -0.2) is 71.8 Å². The lowest BCUT2D eigenvalue weighted by atomic mass is 10.1. The number of amides is 1. The number of fused-ring (bicyclic) bond motifs is 5. The summed E-state index contributed by atoms with van der Waals surface area (Å²) >= 11 is 0. The number of hydrazine groups is 1. The number of carbonyl (C=O) groups excluding carboxylic acids is 1. The van der Waals surface area contributed by atoms with Gasteiger partial charge in [0.15, 0.2) is 0 Å². The van der Waals surface area contributed by atoms with Crippen LogP contribution in [0.1, 0.15) is 61.3 Å². The van der Waals surface area contributed by atoms with Crippen LogP contribution >= 0.6 is 0 Å². The van der Waals surface area contributed by atoms with E-state index >= 15 is 0 Å². The van der Waals surface area contributed by atoms with Crippen molar-refractivity contribution in [3.8, 4) is 11.3 Å². The van der Waals surface area contributed by atoms with E-state index < -0.39 is 0 Å². The number of benzene rings is 1. The van der Waals surface area contributed by atoms with Gasteiger partial charge in [0.1, 0.15) is 11.5 Å². The first-order valence-electron chi connectivity index (χ1n) is 13.5. The number of rotatable bonds is 7. The summed E-state index contributed by atoms with van der Waals surface area (Å²) < 4.78 is 11.7. The molecule has 1 aliphatic heterocycles. The van der Waals surface area contributed by atoms with Gasteiger partial charge < -0.3 is 14.5 Å². The molecule has 0 fully saturated rings. The number of ether oxygens (including phenoxy) is 2. The van der Waals surface area contributed by atoms with Gasteiger partial charge in [-0.2, -0.15) is 0 Å². The number of nitrogens with zero attached hydrogens (tertiary/aromatic N) is 3. The Morgan fingerprint density at radius 2 is 2.03 bits per heavy atom. The summed E-state index contributed by atoms with van der Waals surface area (Å²) in [6.07, 6.45) is 8.22. The zero-order chi connectivity index (χ0) is 27.1. The highest BCUT2D eigenvalue weighted by molar-refractivity contribution is 5.95. The Labute approximate surface area is 224 Å². The first-order chi connectivity index (χ1) is 18.4. The Kier molecular flexibility index (Phi) is 9.49. The molecule has 1 atom stereocenters. The van der Waals surface area contributed by atoms with Crippen molar-refractivity contribution < 1.29 is 14.3 Å². The summed E-state index contributed by atoms with van der Waals surface area (Å²) in [5.74, 6) is 6.60. The number of methoxy groups -OCH3 is 1. The minimum atomic E-state index is -0.305. The highest BCUT2D eigenvalue weighted by atomic mass is 16.5. The van der Waals surface area contributed by atoms with Crippen molar-refractivity contribution >= 4 is 12.0 Å². The van der Waals surface area contributed by atoms with Crippen molar-refractivity contribution in [3.63, 3.8) is 0 Å². The lowest BCUT2D eigenvalue weighted by Gasteiger charge is -2.22. The zero-order valence-electron chi connectivity index (χ0n) is 22.7. The number of likely N-dealkylation sites (N-methyl/N-ethyl adjacent to an activating group) is 1. The lowest BCUT2D eigenvalue weighted by Crippen LogP contribution is -2.38. The summed E-state index contributed by atoms with van der Waals surface area (Å²) in [7, 11) is 1.74. The number of carbonyl (C=O) groups is 1. The SMILES string of the molecule is CCN(CCC(C)OC)CC1=Cc2[nH]c(=O)c3nc2CC(=C1)OCCCCCN(N)C(=O)c1cccc-3c1. The molecule has 1 aromatic heterocycles. The molecule has 9 nitrogen and oxygen atoms in total. The van der Waals surface area contributed by atoms with Crippen molar-refractivity contribution in [1.82, 2.24) is 19.9 Å². The first kappa shape index (κ1) is 27.8. The Bertz CT molecular complexity index is 1250. The normalized spacial score (nSPS) is 17.1. The summed E-state index contributed by atoms with van der Waals surface area (Å²) in [5.41, 5.74) is 3.45. The average Bonchev–Trinajstić information content (AvgIpc) is 3.09. The van der Waals surface area contributed by atoms with E-state index in [-0.39, 0.29) is 23.3 Å². The molecule has 0 saturated carbocycles. The molecule has 9 heteroatoms. The molecule has 1 amide bonds. The molecular weight excluding hydrogens is 482 g/mol. The van der Waals surface area contributed by atoms with Gasteiger partial charge in [0.2, 0.25) is 0 Å². The lowest BCUT2D eigenvalue weighted by molar-refractivity contribution is 0.0751. The van der Waals surface area contributed by atoms with Gasteiger partial charge in [0.25, 0.3) is 11.5 Å². The number of hydrogen-bond donors (Lipinski definition) is 2. The van der Waals surface area contributed by atoms with E-state index in [0.29, 0.717) is 36.4 Å². The van der Waals surface area contributed by atoms with E-state index in [4.69, 9.17) is 20.3 Å². The maximum atomic E-state index is 13.2. The van der Waals surface area contributed by atoms with Crippen molar-refractivity contribution in [3.05, 3.63) is 69.0 Å². The molecule has 0 spiro atoms. The van der Waals surface area contributed by atoms with Crippen molar-refractivity contribution in [2.24, 2.45) is 5.84 Å². The van der Waals surface area contributed by atoms with Gasteiger partial charge in [-0.1, -0.05) is 19.1 Å². The van der Waals surface area contributed by atoms with E-state index in [1.165, 1.54) is 5.01 Å². The van der Waals surface area contributed by atoms with Crippen LogP contribution in [0.25, 0.3) is 17.3 Å². The predicted octanol–water partition coefficient (Wildman–Crippen LogP) is 3.52. The fraction of sp³-hybridized carbons (Fsp3) is 0.483. The molecule has 0 saturated heterocycles. The highest BCUT2D eigenvalue weighted by Gasteiger charge is 2.20. The van der Waals surface area contributed by atoms with Crippen molar-refractivity contribution in [1.29, 1.82) is 0 Å². The Hall–Kier alpha value is -3.27. The van der Waals surface area contributed by atoms with Crippen LogP contribution in [0.3, 0.4) is 0 Å². The van der Waals surface area contributed by atoms with E-state index in [1.54, 1.807) is 31.4 Å². The molecule has 4 rings (SSSR count). The second-order valence-electron chi connectivity index (χ2n) is 9.97. The smallest absolute Gasteiger partial charge is 0.274 e. The maximum absolute atomic E-state index is 13.2. The van der Waals surface area contributed by atoms with Crippen LogP contribution in [-0.2, 0) is 15.9 Å². The van der Waals surface area contributed by atoms with Crippen LogP contribution in [0.4, 0.5) is 0 Å². The highest BCUT2D eigenvalue weighted by Crippen LogP contribution is 2.24. The topological polar surface area (TPSA) is 114 Å². The summed E-state index contributed by atoms with van der Waals surface area (Å²) in [5, 5.41) is 1.24. The Balaban J connectivity index is 1.72. The minimum Gasteiger partial charge on any atom is -0.498 e. The average molecular weight is 522 g/mol. The molecule has 1 unspecified atom stereocenters.